The van der Waals surface area contributed by atoms with Crippen LogP contribution in [0.15, 0.2) is 30.3 Å². The van der Waals surface area contributed by atoms with Gasteiger partial charge in [0.05, 0.1) is 0 Å². The molecule has 1 aromatic carbocycles. The van der Waals surface area contributed by atoms with Crippen molar-refractivity contribution in [1.82, 2.24) is 0 Å². The van der Waals surface area contributed by atoms with Gasteiger partial charge in [-0.2, -0.15) is 13.2 Å². The van der Waals surface area contributed by atoms with Crippen LogP contribution in [0.3, 0.4) is 0 Å². The van der Waals surface area contributed by atoms with Gasteiger partial charge >= 0.3 is 6.18 Å². The zero-order valence-corrected chi connectivity index (χ0v) is 10.2. The highest BCUT2D eigenvalue weighted by atomic mass is 19.4. The summed E-state index contributed by atoms with van der Waals surface area (Å²) in [5.74, 6) is 0. The Hall–Kier alpha value is -1.23. The number of hydrogen-bond acceptors (Lipinski definition) is 2. The molecule has 102 valence electrons. The van der Waals surface area contributed by atoms with E-state index >= 15 is 0 Å². The molecule has 0 saturated carbocycles. The van der Waals surface area contributed by atoms with Crippen molar-refractivity contribution in [3.05, 3.63) is 30.3 Å². The molecule has 2 nitrogen and oxygen atoms in total. The summed E-state index contributed by atoms with van der Waals surface area (Å²) in [7, 11) is 0. The van der Waals surface area contributed by atoms with E-state index in [1.54, 1.807) is 0 Å². The van der Waals surface area contributed by atoms with Gasteiger partial charge in [0.1, 0.15) is 0 Å². The van der Waals surface area contributed by atoms with Gasteiger partial charge in [0.25, 0.3) is 0 Å². The van der Waals surface area contributed by atoms with Gasteiger partial charge in [0.2, 0.25) is 0 Å². The summed E-state index contributed by atoms with van der Waals surface area (Å²) < 4.78 is 40.6. The Kier molecular flexibility index (Phi) is 6.57. The molecule has 0 aromatic heterocycles. The summed E-state index contributed by atoms with van der Waals surface area (Å²) in [4.78, 5) is 0. The molecule has 0 unspecified atom stereocenters. The lowest BCUT2D eigenvalue weighted by molar-refractivity contribution is -0.137. The Morgan fingerprint density at radius 1 is 1.00 bits per heavy atom. The van der Waals surface area contributed by atoms with Crippen LogP contribution < -0.4 is 5.32 Å². The van der Waals surface area contributed by atoms with Crippen LogP contribution in [-0.4, -0.2) is 25.9 Å². The summed E-state index contributed by atoms with van der Waals surface area (Å²) >= 11 is 0. The lowest BCUT2D eigenvalue weighted by atomic mass is 10.3. The third-order valence-electron chi connectivity index (χ3n) is 2.32. The molecule has 1 N–H and O–H groups in total. The van der Waals surface area contributed by atoms with E-state index in [1.807, 2.05) is 30.3 Å². The Bertz CT molecular complexity index is 314. The monoisotopic (exact) mass is 261 g/mol. The van der Waals surface area contributed by atoms with Crippen molar-refractivity contribution < 1.29 is 17.9 Å². The van der Waals surface area contributed by atoms with E-state index in [4.69, 9.17) is 4.74 Å². The molecule has 5 heteroatoms. The molecule has 0 spiro atoms. The fraction of sp³-hybridized carbons (Fsp3) is 0.538. The van der Waals surface area contributed by atoms with Gasteiger partial charge in [0, 0.05) is 31.9 Å². The first-order chi connectivity index (χ1) is 8.58. The number of benzene rings is 1. The number of anilines is 1. The van der Waals surface area contributed by atoms with Crippen LogP contribution in [0.25, 0.3) is 0 Å². The minimum absolute atomic E-state index is 0.0373. The van der Waals surface area contributed by atoms with E-state index in [0.717, 1.165) is 18.7 Å². The minimum Gasteiger partial charge on any atom is -0.385 e. The molecule has 0 bridgehead atoms. The quantitative estimate of drug-likeness (QED) is 0.718. The van der Waals surface area contributed by atoms with Crippen molar-refractivity contribution in [2.75, 3.05) is 25.1 Å². The van der Waals surface area contributed by atoms with Crippen LogP contribution >= 0.6 is 0 Å². The third-order valence-corrected chi connectivity index (χ3v) is 2.32. The second-order valence-electron chi connectivity index (χ2n) is 3.98. The molecule has 0 aliphatic heterocycles. The summed E-state index contributed by atoms with van der Waals surface area (Å²) in [5.41, 5.74) is 1.04. The second kappa shape index (κ2) is 7.97. The van der Waals surface area contributed by atoms with Crippen molar-refractivity contribution in [1.29, 1.82) is 0 Å². The van der Waals surface area contributed by atoms with Gasteiger partial charge in [-0.1, -0.05) is 18.2 Å². The van der Waals surface area contributed by atoms with Gasteiger partial charge in [-0.15, -0.1) is 0 Å². The first-order valence-electron chi connectivity index (χ1n) is 6.01. The molecular formula is C13H18F3NO. The van der Waals surface area contributed by atoms with Crippen LogP contribution in [0.1, 0.15) is 19.3 Å². The van der Waals surface area contributed by atoms with Gasteiger partial charge < -0.3 is 10.1 Å². The summed E-state index contributed by atoms with van der Waals surface area (Å²) in [6.07, 6.45) is -4.02. The first-order valence-corrected chi connectivity index (χ1v) is 6.01. The van der Waals surface area contributed by atoms with Crippen LogP contribution in [0.5, 0.6) is 0 Å². The molecule has 1 aromatic rings. The van der Waals surface area contributed by atoms with E-state index in [2.05, 4.69) is 5.32 Å². The highest BCUT2D eigenvalue weighted by Gasteiger charge is 2.25. The molecule has 1 rings (SSSR count). The predicted octanol–water partition coefficient (Wildman–Crippen LogP) is 3.85. The molecule has 0 saturated heterocycles. The smallest absolute Gasteiger partial charge is 0.385 e. The maximum atomic E-state index is 11.8. The summed E-state index contributed by atoms with van der Waals surface area (Å²) in [5, 5.41) is 3.20. The lowest BCUT2D eigenvalue weighted by Crippen LogP contribution is -2.10. The molecule has 0 radical (unpaired) electrons. The fourth-order valence-corrected chi connectivity index (χ4v) is 1.44. The largest absolute Gasteiger partial charge is 0.389 e. The molecule has 18 heavy (non-hydrogen) atoms. The Labute approximate surface area is 105 Å². The Balaban J connectivity index is 1.90. The zero-order valence-electron chi connectivity index (χ0n) is 10.2. The van der Waals surface area contributed by atoms with Crippen LogP contribution in [0.2, 0.25) is 0 Å². The molecule has 0 aliphatic carbocycles. The SMILES string of the molecule is FC(F)(F)CCCOCCCNc1ccccc1. The Morgan fingerprint density at radius 3 is 2.33 bits per heavy atom. The predicted molar refractivity (Wildman–Crippen MR) is 65.7 cm³/mol. The van der Waals surface area contributed by atoms with Crippen molar-refractivity contribution in [2.45, 2.75) is 25.4 Å². The number of ether oxygens (including phenoxy) is 1. The van der Waals surface area contributed by atoms with Crippen LogP contribution in [0.4, 0.5) is 18.9 Å². The number of nitrogens with one attached hydrogen (secondary N) is 1. The van der Waals surface area contributed by atoms with E-state index < -0.39 is 12.6 Å². The molecule has 0 aliphatic rings. The van der Waals surface area contributed by atoms with Crippen LogP contribution in [0, 0.1) is 0 Å². The topological polar surface area (TPSA) is 21.3 Å². The maximum absolute atomic E-state index is 11.8. The number of rotatable bonds is 8. The zero-order chi connectivity index (χ0) is 13.3. The third kappa shape index (κ3) is 7.95. The number of para-hydroxylation sites is 1. The van der Waals surface area contributed by atoms with Gasteiger partial charge in [0.15, 0.2) is 0 Å². The van der Waals surface area contributed by atoms with Gasteiger partial charge in [-0.05, 0) is 25.0 Å². The molecule has 0 amide bonds. The summed E-state index contributed by atoms with van der Waals surface area (Å²) in [6.45, 7) is 1.41. The summed E-state index contributed by atoms with van der Waals surface area (Å²) in [6, 6.07) is 9.75. The van der Waals surface area contributed by atoms with E-state index in [-0.39, 0.29) is 13.0 Å². The average molecular weight is 261 g/mol. The van der Waals surface area contributed by atoms with E-state index in [9.17, 15) is 13.2 Å². The fourth-order valence-electron chi connectivity index (χ4n) is 1.44. The lowest BCUT2D eigenvalue weighted by Gasteiger charge is -2.08. The van der Waals surface area contributed by atoms with Gasteiger partial charge in [-0.3, -0.25) is 0 Å². The molecule has 0 fully saturated rings. The highest BCUT2D eigenvalue weighted by Crippen LogP contribution is 2.20. The minimum atomic E-state index is -4.07. The second-order valence-corrected chi connectivity index (χ2v) is 3.98. The van der Waals surface area contributed by atoms with Crippen molar-refractivity contribution >= 4 is 5.69 Å². The normalized spacial score (nSPS) is 11.5. The molecule has 0 atom stereocenters. The maximum Gasteiger partial charge on any atom is 0.389 e. The number of alkyl halides is 3. The van der Waals surface area contributed by atoms with Crippen molar-refractivity contribution in [2.24, 2.45) is 0 Å². The molecule has 0 heterocycles. The average Bonchev–Trinajstić information content (AvgIpc) is 2.32. The van der Waals surface area contributed by atoms with Crippen LogP contribution in [-0.2, 0) is 4.74 Å². The van der Waals surface area contributed by atoms with E-state index in [1.165, 1.54) is 0 Å². The van der Waals surface area contributed by atoms with Crippen molar-refractivity contribution in [3.8, 4) is 0 Å². The Morgan fingerprint density at radius 2 is 1.67 bits per heavy atom. The van der Waals surface area contributed by atoms with Gasteiger partial charge in [-0.25, -0.2) is 0 Å². The first kappa shape index (κ1) is 14.8. The highest BCUT2D eigenvalue weighted by molar-refractivity contribution is 5.42. The molecular weight excluding hydrogens is 243 g/mol. The van der Waals surface area contributed by atoms with Crippen molar-refractivity contribution in [3.63, 3.8) is 0 Å². The standard InChI is InChI=1S/C13H18F3NO/c14-13(15,16)8-4-10-18-11-5-9-17-12-6-2-1-3-7-12/h1-3,6-7,17H,4-5,8-11H2. The van der Waals surface area contributed by atoms with E-state index in [0.29, 0.717) is 6.61 Å². The number of halogens is 3. The number of hydrogen-bond donors (Lipinski definition) is 1.